The van der Waals surface area contributed by atoms with E-state index in [-0.39, 0.29) is 0 Å². The number of rotatable bonds is 3. The van der Waals surface area contributed by atoms with Crippen LogP contribution in [0.2, 0.25) is 0 Å². The number of aryl methyl sites for hydroxylation is 1. The van der Waals surface area contributed by atoms with E-state index in [0.717, 1.165) is 16.9 Å². The third-order valence-electron chi connectivity index (χ3n) is 2.34. The zero-order valence-corrected chi connectivity index (χ0v) is 9.85. The Bertz CT molecular complexity index is 486. The molecule has 0 N–H and O–H groups in total. The van der Waals surface area contributed by atoms with Gasteiger partial charge in [0.2, 0.25) is 0 Å². The molecule has 0 amide bonds. The summed E-state index contributed by atoms with van der Waals surface area (Å²) in [6.07, 6.45) is 5.92. The molecule has 3 heteroatoms. The van der Waals surface area contributed by atoms with Crippen LogP contribution in [0, 0.1) is 6.92 Å². The molecule has 0 bridgehead atoms. The van der Waals surface area contributed by atoms with Gasteiger partial charge >= 0.3 is 0 Å². The second kappa shape index (κ2) is 4.99. The zero-order valence-electron chi connectivity index (χ0n) is 9.10. The summed E-state index contributed by atoms with van der Waals surface area (Å²) in [4.78, 5) is 0. The molecule has 0 fully saturated rings. The summed E-state index contributed by atoms with van der Waals surface area (Å²) in [6.45, 7) is 1.99. The molecular formula is C13H13ClN2. The molecule has 0 radical (unpaired) electrons. The third kappa shape index (κ3) is 2.34. The molecule has 1 aromatic carbocycles. The van der Waals surface area contributed by atoms with Crippen molar-refractivity contribution in [3.05, 3.63) is 53.9 Å². The van der Waals surface area contributed by atoms with Crippen LogP contribution < -0.4 is 0 Å². The van der Waals surface area contributed by atoms with Crippen molar-refractivity contribution in [3.8, 4) is 5.69 Å². The fourth-order valence-electron chi connectivity index (χ4n) is 1.52. The van der Waals surface area contributed by atoms with Crippen LogP contribution in [0.3, 0.4) is 0 Å². The van der Waals surface area contributed by atoms with Gasteiger partial charge < -0.3 is 0 Å². The molecule has 0 spiro atoms. The number of nitrogens with zero attached hydrogens (tertiary/aromatic N) is 2. The zero-order chi connectivity index (χ0) is 11.4. The van der Waals surface area contributed by atoms with Crippen molar-refractivity contribution in [3.63, 3.8) is 0 Å². The largest absolute Gasteiger partial charge is 0.240 e. The lowest BCUT2D eigenvalue weighted by molar-refractivity contribution is 0.863. The Morgan fingerprint density at radius 3 is 2.75 bits per heavy atom. The van der Waals surface area contributed by atoms with Gasteiger partial charge in [-0.05, 0) is 19.1 Å². The Morgan fingerprint density at radius 1 is 1.31 bits per heavy atom. The van der Waals surface area contributed by atoms with Gasteiger partial charge in [0.25, 0.3) is 0 Å². The average Bonchev–Trinajstić information content (AvgIpc) is 2.69. The predicted molar refractivity (Wildman–Crippen MR) is 68.1 cm³/mol. The van der Waals surface area contributed by atoms with Crippen LogP contribution in [0.1, 0.15) is 11.3 Å². The fraction of sp³-hybridized carbons (Fsp3) is 0.154. The van der Waals surface area contributed by atoms with E-state index < -0.39 is 0 Å². The Kier molecular flexibility index (Phi) is 3.42. The van der Waals surface area contributed by atoms with Crippen LogP contribution in [0.15, 0.2) is 42.6 Å². The van der Waals surface area contributed by atoms with Crippen molar-refractivity contribution in [2.45, 2.75) is 6.92 Å². The highest BCUT2D eigenvalue weighted by molar-refractivity contribution is 6.19. The summed E-state index contributed by atoms with van der Waals surface area (Å²) in [5, 5.41) is 4.46. The minimum absolute atomic E-state index is 0.524. The van der Waals surface area contributed by atoms with Gasteiger partial charge in [-0.15, -0.1) is 11.6 Å². The standard InChI is InChI=1S/C13H13ClN2/c1-11-12(6-5-9-14)10-16(15-11)13-7-3-2-4-8-13/h2-8,10H,9H2,1H3. The first-order valence-corrected chi connectivity index (χ1v) is 5.69. The highest BCUT2D eigenvalue weighted by Gasteiger charge is 2.02. The number of benzene rings is 1. The van der Waals surface area contributed by atoms with E-state index in [0.29, 0.717) is 5.88 Å². The molecule has 0 aliphatic carbocycles. The molecule has 0 aliphatic rings. The molecule has 82 valence electrons. The number of halogens is 1. The van der Waals surface area contributed by atoms with Crippen LogP contribution in [0.5, 0.6) is 0 Å². The maximum Gasteiger partial charge on any atom is 0.0670 e. The number of aromatic nitrogens is 2. The lowest BCUT2D eigenvalue weighted by Gasteiger charge is -1.98. The van der Waals surface area contributed by atoms with Crippen molar-refractivity contribution in [1.29, 1.82) is 0 Å². The van der Waals surface area contributed by atoms with Crippen molar-refractivity contribution in [1.82, 2.24) is 9.78 Å². The molecule has 2 rings (SSSR count). The smallest absolute Gasteiger partial charge is 0.0670 e. The van der Waals surface area contributed by atoms with Gasteiger partial charge in [0.1, 0.15) is 0 Å². The highest BCUT2D eigenvalue weighted by atomic mass is 35.5. The average molecular weight is 233 g/mol. The summed E-state index contributed by atoms with van der Waals surface area (Å²) in [5.41, 5.74) is 3.17. The molecule has 0 aliphatic heterocycles. The minimum Gasteiger partial charge on any atom is -0.240 e. The quantitative estimate of drug-likeness (QED) is 0.742. The topological polar surface area (TPSA) is 17.8 Å². The van der Waals surface area contributed by atoms with Crippen molar-refractivity contribution < 1.29 is 0 Å². The lowest BCUT2D eigenvalue weighted by atomic mass is 10.2. The van der Waals surface area contributed by atoms with Crippen molar-refractivity contribution in [2.75, 3.05) is 5.88 Å². The van der Waals surface area contributed by atoms with E-state index in [1.54, 1.807) is 0 Å². The Labute approximate surface area is 100 Å². The monoisotopic (exact) mass is 232 g/mol. The van der Waals surface area contributed by atoms with Crippen LogP contribution in [-0.2, 0) is 0 Å². The summed E-state index contributed by atoms with van der Waals surface area (Å²) in [6, 6.07) is 10.1. The summed E-state index contributed by atoms with van der Waals surface area (Å²) >= 11 is 5.61. The fourth-order valence-corrected chi connectivity index (χ4v) is 1.61. The summed E-state index contributed by atoms with van der Waals surface area (Å²) in [7, 11) is 0. The second-order valence-electron chi connectivity index (χ2n) is 3.51. The van der Waals surface area contributed by atoms with E-state index in [1.807, 2.05) is 60.3 Å². The van der Waals surface area contributed by atoms with E-state index in [4.69, 9.17) is 11.6 Å². The number of allylic oxidation sites excluding steroid dienone is 1. The van der Waals surface area contributed by atoms with Crippen molar-refractivity contribution >= 4 is 17.7 Å². The number of hydrogen-bond acceptors (Lipinski definition) is 1. The van der Waals surface area contributed by atoms with Crippen LogP contribution in [-0.4, -0.2) is 15.7 Å². The Balaban J connectivity index is 2.35. The van der Waals surface area contributed by atoms with E-state index in [2.05, 4.69) is 5.10 Å². The normalized spacial score (nSPS) is 11.1. The SMILES string of the molecule is Cc1nn(-c2ccccc2)cc1C=CCCl. The lowest BCUT2D eigenvalue weighted by Crippen LogP contribution is -1.93. The number of alkyl halides is 1. The van der Waals surface area contributed by atoms with Gasteiger partial charge in [-0.25, -0.2) is 4.68 Å². The van der Waals surface area contributed by atoms with Gasteiger partial charge in [0.05, 0.1) is 11.4 Å². The first-order chi connectivity index (χ1) is 7.81. The predicted octanol–water partition coefficient (Wildman–Crippen LogP) is 3.43. The molecule has 0 atom stereocenters. The third-order valence-corrected chi connectivity index (χ3v) is 2.52. The molecule has 1 aromatic heterocycles. The Morgan fingerprint density at radius 2 is 2.06 bits per heavy atom. The van der Waals surface area contributed by atoms with Crippen molar-refractivity contribution in [2.24, 2.45) is 0 Å². The molecule has 0 unspecified atom stereocenters. The molecular weight excluding hydrogens is 220 g/mol. The maximum absolute atomic E-state index is 5.61. The van der Waals surface area contributed by atoms with Crippen LogP contribution in [0.4, 0.5) is 0 Å². The maximum atomic E-state index is 5.61. The molecule has 1 heterocycles. The summed E-state index contributed by atoms with van der Waals surface area (Å²) in [5.74, 6) is 0.524. The molecule has 0 saturated carbocycles. The summed E-state index contributed by atoms with van der Waals surface area (Å²) < 4.78 is 1.88. The molecule has 16 heavy (non-hydrogen) atoms. The van der Waals surface area contributed by atoms with Crippen LogP contribution in [0.25, 0.3) is 11.8 Å². The van der Waals surface area contributed by atoms with E-state index >= 15 is 0 Å². The minimum atomic E-state index is 0.524. The molecule has 0 saturated heterocycles. The second-order valence-corrected chi connectivity index (χ2v) is 3.82. The first kappa shape index (κ1) is 11.0. The molecule has 2 aromatic rings. The van der Waals surface area contributed by atoms with E-state index in [9.17, 15) is 0 Å². The van der Waals surface area contributed by atoms with Gasteiger partial charge in [-0.2, -0.15) is 5.10 Å². The first-order valence-electron chi connectivity index (χ1n) is 5.15. The van der Waals surface area contributed by atoms with Gasteiger partial charge in [0.15, 0.2) is 0 Å². The number of hydrogen-bond donors (Lipinski definition) is 0. The van der Waals surface area contributed by atoms with Gasteiger partial charge in [-0.1, -0.05) is 30.4 Å². The Hall–Kier alpha value is -1.54. The van der Waals surface area contributed by atoms with Gasteiger partial charge in [0, 0.05) is 17.6 Å². The molecule has 2 nitrogen and oxygen atoms in total. The number of para-hydroxylation sites is 1. The van der Waals surface area contributed by atoms with Crippen LogP contribution >= 0.6 is 11.6 Å². The van der Waals surface area contributed by atoms with E-state index in [1.165, 1.54) is 0 Å². The van der Waals surface area contributed by atoms with Gasteiger partial charge in [-0.3, -0.25) is 0 Å². The highest BCUT2D eigenvalue weighted by Crippen LogP contribution is 2.12.